The Morgan fingerprint density at radius 1 is 0.320 bits per heavy atom. The van der Waals surface area contributed by atoms with Crippen molar-refractivity contribution in [2.45, 2.75) is 76.3 Å². The van der Waals surface area contributed by atoms with Crippen LogP contribution >= 0.6 is 0 Å². The van der Waals surface area contributed by atoms with Gasteiger partial charge in [-0.05, 0) is 25.7 Å². The zero-order valence-corrected chi connectivity index (χ0v) is 25.8. The van der Waals surface area contributed by atoms with Crippen LogP contribution in [-0.2, 0) is 0 Å². The summed E-state index contributed by atoms with van der Waals surface area (Å²) in [5.41, 5.74) is -4.87. The molecule has 0 aromatic heterocycles. The highest BCUT2D eigenvalue weighted by Crippen LogP contribution is 2.52. The normalized spacial score (nSPS) is 19.1. The highest BCUT2D eigenvalue weighted by molar-refractivity contribution is 6.41. The van der Waals surface area contributed by atoms with Crippen LogP contribution in [-0.4, -0.2) is 45.5 Å². The van der Waals surface area contributed by atoms with Crippen LogP contribution in [0.1, 0.15) is 106 Å². The van der Waals surface area contributed by atoms with E-state index in [-0.39, 0.29) is 25.7 Å². The lowest BCUT2D eigenvalue weighted by atomic mass is 9.79. The topological polar surface area (TPSA) is 74.8 Å². The first-order chi connectivity index (χ1) is 23.9. The lowest BCUT2D eigenvalue weighted by molar-refractivity contribution is 0.0479. The highest BCUT2D eigenvalue weighted by atomic mass is 19.2. The molecule has 0 spiro atoms. The van der Waals surface area contributed by atoms with Gasteiger partial charge in [0, 0.05) is 55.2 Å². The third kappa shape index (κ3) is 3.53. The standard InChI is InChI=1S/C36H22F8N2O4/c37-25-17-13-15-21(29(25)41)33(47)45(11-7-3-1-4-8-11)34(48)22(15)30(42)26(38)18(13)20-14-16-23(31(43)27(39)19(14)17)35(49)46(12-9-5-2-6-10-12)36(50)24(16)32(44)28(20)40/h11-12H,1-10H2. The lowest BCUT2D eigenvalue weighted by Gasteiger charge is -2.37. The maximum atomic E-state index is 16.4. The number of rotatable bonds is 2. The van der Waals surface area contributed by atoms with E-state index in [2.05, 4.69) is 0 Å². The highest BCUT2D eigenvalue weighted by Gasteiger charge is 2.48. The fourth-order valence-electron chi connectivity index (χ4n) is 9.01. The molecule has 2 saturated carbocycles. The van der Waals surface area contributed by atoms with Crippen molar-refractivity contribution in [2.24, 2.45) is 0 Å². The summed E-state index contributed by atoms with van der Waals surface area (Å²) in [6, 6.07) is -1.75. The Bertz CT molecular complexity index is 2170. The predicted molar refractivity (Wildman–Crippen MR) is 162 cm³/mol. The number of hydrogen-bond donors (Lipinski definition) is 0. The predicted octanol–water partition coefficient (Wildman–Crippen LogP) is 8.71. The van der Waals surface area contributed by atoms with E-state index < -0.39 is 148 Å². The monoisotopic (exact) mass is 698 g/mol. The number of hydrogen-bond acceptors (Lipinski definition) is 4. The molecule has 9 rings (SSSR count). The third-order valence-corrected chi connectivity index (χ3v) is 11.1. The van der Waals surface area contributed by atoms with Crippen molar-refractivity contribution < 1.29 is 54.3 Å². The summed E-state index contributed by atoms with van der Waals surface area (Å²) in [5.74, 6) is -21.8. The van der Waals surface area contributed by atoms with Crippen LogP contribution in [0.25, 0.3) is 43.1 Å². The van der Waals surface area contributed by atoms with Crippen LogP contribution in [0.3, 0.4) is 0 Å². The van der Waals surface area contributed by atoms with Crippen LogP contribution in [0.2, 0.25) is 0 Å². The molecule has 2 fully saturated rings. The number of nitrogens with zero attached hydrogens (tertiary/aromatic N) is 2. The summed E-state index contributed by atoms with van der Waals surface area (Å²) in [5, 5.41) is -9.44. The van der Waals surface area contributed by atoms with Gasteiger partial charge in [0.15, 0.2) is 46.5 Å². The summed E-state index contributed by atoms with van der Waals surface area (Å²) >= 11 is 0. The number of imide groups is 2. The first kappa shape index (κ1) is 31.1. The van der Waals surface area contributed by atoms with Crippen molar-refractivity contribution in [3.05, 3.63) is 68.8 Å². The van der Waals surface area contributed by atoms with Crippen molar-refractivity contribution in [1.29, 1.82) is 0 Å². The van der Waals surface area contributed by atoms with Crippen molar-refractivity contribution in [1.82, 2.24) is 9.80 Å². The summed E-state index contributed by atoms with van der Waals surface area (Å²) in [4.78, 5) is 56.2. The Kier molecular flexibility index (Phi) is 6.43. The summed E-state index contributed by atoms with van der Waals surface area (Å²) < 4.78 is 131. The van der Waals surface area contributed by atoms with Gasteiger partial charge >= 0.3 is 0 Å². The second-order valence-corrected chi connectivity index (χ2v) is 13.6. The minimum atomic E-state index is -2.06. The Hall–Kier alpha value is -4.88. The molecular formula is C36H22F8N2O4. The van der Waals surface area contributed by atoms with E-state index >= 15 is 35.1 Å². The molecule has 0 N–H and O–H groups in total. The number of halogens is 8. The minimum absolute atomic E-state index is 0.241. The molecule has 0 saturated heterocycles. The molecule has 256 valence electrons. The van der Waals surface area contributed by atoms with Crippen LogP contribution in [0, 0.1) is 46.5 Å². The van der Waals surface area contributed by atoms with Gasteiger partial charge in [-0.25, -0.2) is 35.1 Å². The van der Waals surface area contributed by atoms with Gasteiger partial charge in [0.25, 0.3) is 23.6 Å². The molecule has 0 bridgehead atoms. The van der Waals surface area contributed by atoms with Crippen LogP contribution in [0.4, 0.5) is 35.1 Å². The molecule has 2 aliphatic carbocycles. The maximum absolute atomic E-state index is 16.4. The smallest absolute Gasteiger partial charge is 0.264 e. The molecule has 0 radical (unpaired) electrons. The molecule has 0 unspecified atom stereocenters. The second kappa shape index (κ2) is 10.3. The van der Waals surface area contributed by atoms with Crippen LogP contribution in [0.15, 0.2) is 0 Å². The van der Waals surface area contributed by atoms with Gasteiger partial charge in [-0.1, -0.05) is 38.5 Å². The van der Waals surface area contributed by atoms with E-state index in [9.17, 15) is 19.2 Å². The van der Waals surface area contributed by atoms with Crippen molar-refractivity contribution in [2.75, 3.05) is 0 Å². The largest absolute Gasteiger partial charge is 0.271 e. The molecule has 0 atom stereocenters. The minimum Gasteiger partial charge on any atom is -0.271 e. The van der Waals surface area contributed by atoms with Gasteiger partial charge in [0.1, 0.15) is 0 Å². The molecule has 4 amide bonds. The fourth-order valence-corrected chi connectivity index (χ4v) is 9.01. The SMILES string of the molecule is O=C1c2c(F)c(F)c3c4c(F)c(F)c5c6c(c(F)c(F)c(c7c(F)c(F)c(c2c37)C(=O)N1C1CCCCC1)c64)C(=O)N(C1CCCCC1)C5=O. The zero-order chi connectivity index (χ0) is 35.2. The molecule has 6 nitrogen and oxygen atoms in total. The number of amides is 4. The molecule has 5 aromatic carbocycles. The number of benzene rings is 5. The van der Waals surface area contributed by atoms with Crippen molar-refractivity contribution >= 4 is 66.7 Å². The van der Waals surface area contributed by atoms with Gasteiger partial charge in [-0.3, -0.25) is 29.0 Å². The van der Waals surface area contributed by atoms with Gasteiger partial charge in [0.05, 0.1) is 22.3 Å². The third-order valence-electron chi connectivity index (χ3n) is 11.1. The van der Waals surface area contributed by atoms with Gasteiger partial charge in [0.2, 0.25) is 0 Å². The molecule has 14 heteroatoms. The van der Waals surface area contributed by atoms with E-state index in [1.54, 1.807) is 0 Å². The van der Waals surface area contributed by atoms with E-state index in [0.29, 0.717) is 35.5 Å². The van der Waals surface area contributed by atoms with Crippen molar-refractivity contribution in [3.63, 3.8) is 0 Å². The van der Waals surface area contributed by atoms with Crippen LogP contribution < -0.4 is 0 Å². The Labute approximate surface area is 275 Å². The zero-order valence-electron chi connectivity index (χ0n) is 25.8. The van der Waals surface area contributed by atoms with Gasteiger partial charge in [-0.2, -0.15) is 0 Å². The maximum Gasteiger partial charge on any atom is 0.264 e. The van der Waals surface area contributed by atoms with Gasteiger partial charge in [-0.15, -0.1) is 0 Å². The molecule has 5 aromatic rings. The summed E-state index contributed by atoms with van der Waals surface area (Å²) in [6.07, 6.45) is 4.61. The van der Waals surface area contributed by atoms with E-state index in [0.717, 1.165) is 12.8 Å². The molecule has 50 heavy (non-hydrogen) atoms. The van der Waals surface area contributed by atoms with E-state index in [1.165, 1.54) is 0 Å². The Morgan fingerprint density at radius 3 is 0.800 bits per heavy atom. The molecular weight excluding hydrogens is 676 g/mol. The first-order valence-corrected chi connectivity index (χ1v) is 16.4. The fraction of sp³-hybridized carbons (Fsp3) is 0.333. The van der Waals surface area contributed by atoms with Crippen molar-refractivity contribution in [3.8, 4) is 0 Å². The number of carbonyl (C=O) groups is 4. The Morgan fingerprint density at radius 2 is 0.560 bits per heavy atom. The van der Waals surface area contributed by atoms with Gasteiger partial charge < -0.3 is 0 Å². The average Bonchev–Trinajstić information content (AvgIpc) is 3.10. The number of carbonyl (C=O) groups excluding carboxylic acids is 4. The average molecular weight is 699 g/mol. The summed E-state index contributed by atoms with van der Waals surface area (Å²) in [7, 11) is 0. The van der Waals surface area contributed by atoms with E-state index in [4.69, 9.17) is 0 Å². The van der Waals surface area contributed by atoms with E-state index in [1.807, 2.05) is 0 Å². The second-order valence-electron chi connectivity index (χ2n) is 13.6. The molecule has 2 heterocycles. The first-order valence-electron chi connectivity index (χ1n) is 16.4. The quantitative estimate of drug-likeness (QED) is 0.0801. The lowest BCUT2D eigenvalue weighted by Crippen LogP contribution is -2.49. The Balaban J connectivity index is 1.48. The molecule has 2 aliphatic heterocycles. The number of fused-ring (bicyclic) bond motifs is 2. The summed E-state index contributed by atoms with van der Waals surface area (Å²) in [6.45, 7) is 0. The van der Waals surface area contributed by atoms with Crippen LogP contribution in [0.5, 0.6) is 0 Å². The molecule has 4 aliphatic rings.